The zero-order valence-corrected chi connectivity index (χ0v) is 12.6. The van der Waals surface area contributed by atoms with E-state index < -0.39 is 10.0 Å². The van der Waals surface area contributed by atoms with Crippen LogP contribution in [0.3, 0.4) is 0 Å². The maximum absolute atomic E-state index is 11.8. The second-order valence-corrected chi connectivity index (χ2v) is 6.14. The monoisotopic (exact) mass is 287 g/mol. The van der Waals surface area contributed by atoms with Gasteiger partial charge in [0, 0.05) is 11.6 Å². The van der Waals surface area contributed by atoms with Crippen molar-refractivity contribution in [3.8, 4) is 11.5 Å². The highest BCUT2D eigenvalue weighted by Crippen LogP contribution is 2.29. The van der Waals surface area contributed by atoms with E-state index in [1.54, 1.807) is 39.3 Å². The number of rotatable bonds is 7. The number of hydrogen-bond donors (Lipinski definition) is 1. The van der Waals surface area contributed by atoms with Crippen LogP contribution >= 0.6 is 0 Å². The smallest absolute Gasteiger partial charge is 0.212 e. The Balaban J connectivity index is 3.01. The van der Waals surface area contributed by atoms with E-state index in [2.05, 4.69) is 4.72 Å². The predicted molar refractivity (Wildman–Crippen MR) is 75.2 cm³/mol. The summed E-state index contributed by atoms with van der Waals surface area (Å²) in [7, 11) is -0.149. The third kappa shape index (κ3) is 4.40. The van der Waals surface area contributed by atoms with Gasteiger partial charge in [-0.2, -0.15) is 0 Å². The van der Waals surface area contributed by atoms with Gasteiger partial charge in [-0.3, -0.25) is 0 Å². The van der Waals surface area contributed by atoms with Crippen molar-refractivity contribution in [1.82, 2.24) is 4.72 Å². The van der Waals surface area contributed by atoms with E-state index in [1.165, 1.54) is 0 Å². The van der Waals surface area contributed by atoms with Crippen molar-refractivity contribution < 1.29 is 17.9 Å². The molecule has 1 unspecified atom stereocenters. The first-order valence-electron chi connectivity index (χ1n) is 6.15. The Labute approximate surface area is 115 Å². The Kier molecular flexibility index (Phi) is 5.62. The van der Waals surface area contributed by atoms with Crippen LogP contribution in [0.4, 0.5) is 0 Å². The van der Waals surface area contributed by atoms with Gasteiger partial charge in [-0.15, -0.1) is 0 Å². The molecule has 0 amide bonds. The third-order valence-corrected chi connectivity index (χ3v) is 4.39. The van der Waals surface area contributed by atoms with Gasteiger partial charge in [-0.1, -0.05) is 6.92 Å². The SMILES string of the molecule is CCCS(=O)(=O)NC(C)c1cc(OC)ccc1OC. The van der Waals surface area contributed by atoms with Crippen molar-refractivity contribution in [3.05, 3.63) is 23.8 Å². The zero-order valence-electron chi connectivity index (χ0n) is 11.8. The summed E-state index contributed by atoms with van der Waals surface area (Å²) in [5.74, 6) is 1.41. The van der Waals surface area contributed by atoms with Crippen LogP contribution in [0.2, 0.25) is 0 Å². The van der Waals surface area contributed by atoms with Crippen LogP contribution in [0.15, 0.2) is 18.2 Å². The highest BCUT2D eigenvalue weighted by molar-refractivity contribution is 7.89. The Bertz CT molecular complexity index is 513. The Morgan fingerprint density at radius 2 is 1.95 bits per heavy atom. The first-order chi connectivity index (χ1) is 8.93. The van der Waals surface area contributed by atoms with E-state index in [-0.39, 0.29) is 11.8 Å². The van der Waals surface area contributed by atoms with E-state index in [4.69, 9.17) is 9.47 Å². The van der Waals surface area contributed by atoms with Crippen LogP contribution in [0.25, 0.3) is 0 Å². The molecule has 6 heteroatoms. The summed E-state index contributed by atoms with van der Waals surface area (Å²) in [6, 6.07) is 4.94. The van der Waals surface area contributed by atoms with Gasteiger partial charge in [0.25, 0.3) is 0 Å². The topological polar surface area (TPSA) is 64.6 Å². The summed E-state index contributed by atoms with van der Waals surface area (Å²) in [4.78, 5) is 0. The summed E-state index contributed by atoms with van der Waals surface area (Å²) in [6.07, 6.45) is 0.581. The largest absolute Gasteiger partial charge is 0.497 e. The molecule has 0 bridgehead atoms. The highest BCUT2D eigenvalue weighted by Gasteiger charge is 2.18. The average Bonchev–Trinajstić information content (AvgIpc) is 2.37. The van der Waals surface area contributed by atoms with Crippen molar-refractivity contribution in [3.63, 3.8) is 0 Å². The molecule has 0 spiro atoms. The van der Waals surface area contributed by atoms with Crippen LogP contribution < -0.4 is 14.2 Å². The van der Waals surface area contributed by atoms with Gasteiger partial charge in [0.15, 0.2) is 0 Å². The van der Waals surface area contributed by atoms with Gasteiger partial charge >= 0.3 is 0 Å². The van der Waals surface area contributed by atoms with Gasteiger partial charge in [-0.05, 0) is 31.5 Å². The molecule has 19 heavy (non-hydrogen) atoms. The normalized spacial score (nSPS) is 13.1. The number of benzene rings is 1. The summed E-state index contributed by atoms with van der Waals surface area (Å²) >= 11 is 0. The lowest BCUT2D eigenvalue weighted by Gasteiger charge is -2.18. The van der Waals surface area contributed by atoms with Crippen LogP contribution in [0.1, 0.15) is 31.9 Å². The molecular formula is C13H21NO4S. The summed E-state index contributed by atoms with van der Waals surface area (Å²) in [6.45, 7) is 3.61. The van der Waals surface area contributed by atoms with Gasteiger partial charge in [0.2, 0.25) is 10.0 Å². The quantitative estimate of drug-likeness (QED) is 0.834. The number of sulfonamides is 1. The molecule has 0 aliphatic carbocycles. The third-order valence-electron chi connectivity index (χ3n) is 2.73. The molecule has 0 heterocycles. The molecule has 0 aliphatic rings. The standard InChI is InChI=1S/C13H21NO4S/c1-5-8-19(15,16)14-10(2)12-9-11(17-3)6-7-13(12)18-4/h6-7,9-10,14H,5,8H2,1-4H3. The molecule has 0 aliphatic heterocycles. The fraction of sp³-hybridized carbons (Fsp3) is 0.538. The molecule has 0 fully saturated rings. The minimum absolute atomic E-state index is 0.115. The number of ether oxygens (including phenoxy) is 2. The van der Waals surface area contributed by atoms with Crippen LogP contribution in [0, 0.1) is 0 Å². The fourth-order valence-corrected chi connectivity index (χ4v) is 3.16. The Morgan fingerprint density at radius 3 is 2.47 bits per heavy atom. The molecule has 5 nitrogen and oxygen atoms in total. The molecule has 0 saturated carbocycles. The summed E-state index contributed by atoms with van der Waals surface area (Å²) in [5, 5.41) is 0. The molecule has 1 aromatic carbocycles. The second-order valence-electron chi connectivity index (χ2n) is 4.27. The molecule has 1 aromatic rings. The number of hydrogen-bond acceptors (Lipinski definition) is 4. The van der Waals surface area contributed by atoms with Gasteiger partial charge in [0.1, 0.15) is 11.5 Å². The maximum Gasteiger partial charge on any atom is 0.212 e. The van der Waals surface area contributed by atoms with Crippen molar-refractivity contribution in [2.45, 2.75) is 26.3 Å². The summed E-state index contributed by atoms with van der Waals surface area (Å²) in [5.41, 5.74) is 0.751. The fourth-order valence-electron chi connectivity index (χ4n) is 1.84. The van der Waals surface area contributed by atoms with Crippen LogP contribution in [0.5, 0.6) is 11.5 Å². The minimum atomic E-state index is -3.27. The molecule has 0 aromatic heterocycles. The van der Waals surface area contributed by atoms with Gasteiger partial charge in [0.05, 0.1) is 20.0 Å². The lowest BCUT2D eigenvalue weighted by Crippen LogP contribution is -2.29. The zero-order chi connectivity index (χ0) is 14.5. The molecule has 108 valence electrons. The first-order valence-corrected chi connectivity index (χ1v) is 7.80. The van der Waals surface area contributed by atoms with Gasteiger partial charge < -0.3 is 9.47 Å². The average molecular weight is 287 g/mol. The minimum Gasteiger partial charge on any atom is -0.497 e. The van der Waals surface area contributed by atoms with E-state index in [1.807, 2.05) is 6.92 Å². The number of nitrogens with one attached hydrogen (secondary N) is 1. The highest BCUT2D eigenvalue weighted by atomic mass is 32.2. The molecule has 1 N–H and O–H groups in total. The first kappa shape index (κ1) is 15.8. The van der Waals surface area contributed by atoms with Crippen molar-refractivity contribution in [2.75, 3.05) is 20.0 Å². The van der Waals surface area contributed by atoms with E-state index in [0.29, 0.717) is 17.9 Å². The van der Waals surface area contributed by atoms with Crippen LogP contribution in [-0.4, -0.2) is 28.4 Å². The summed E-state index contributed by atoms with van der Waals surface area (Å²) < 4.78 is 36.6. The Morgan fingerprint density at radius 1 is 1.26 bits per heavy atom. The predicted octanol–water partition coefficient (Wildman–Crippen LogP) is 2.09. The Hall–Kier alpha value is -1.27. The van der Waals surface area contributed by atoms with E-state index in [9.17, 15) is 8.42 Å². The maximum atomic E-state index is 11.8. The lowest BCUT2D eigenvalue weighted by molar-refractivity contribution is 0.395. The van der Waals surface area contributed by atoms with Crippen molar-refractivity contribution in [1.29, 1.82) is 0 Å². The van der Waals surface area contributed by atoms with E-state index >= 15 is 0 Å². The van der Waals surface area contributed by atoms with Crippen LogP contribution in [-0.2, 0) is 10.0 Å². The van der Waals surface area contributed by atoms with E-state index in [0.717, 1.165) is 5.56 Å². The van der Waals surface area contributed by atoms with Crippen molar-refractivity contribution in [2.24, 2.45) is 0 Å². The second kappa shape index (κ2) is 6.77. The molecule has 1 rings (SSSR count). The molecular weight excluding hydrogens is 266 g/mol. The van der Waals surface area contributed by atoms with Gasteiger partial charge in [-0.25, -0.2) is 13.1 Å². The molecule has 0 radical (unpaired) electrons. The molecule has 0 saturated heterocycles. The van der Waals surface area contributed by atoms with Crippen molar-refractivity contribution >= 4 is 10.0 Å². The lowest BCUT2D eigenvalue weighted by atomic mass is 10.1. The number of methoxy groups -OCH3 is 2. The molecule has 1 atom stereocenters.